The third-order valence-corrected chi connectivity index (χ3v) is 12.0. The van der Waals surface area contributed by atoms with Crippen LogP contribution in [-0.2, 0) is 6.42 Å². The van der Waals surface area contributed by atoms with Gasteiger partial charge in [-0.3, -0.25) is 0 Å². The minimum Gasteiger partial charge on any atom is -0.504 e. The summed E-state index contributed by atoms with van der Waals surface area (Å²) in [6.45, 7) is 4.93. The Morgan fingerprint density at radius 2 is 1.81 bits per heavy atom. The average Bonchev–Trinajstić information content (AvgIpc) is 3.61. The Bertz CT molecular complexity index is 1680. The molecule has 1 aromatic heterocycles. The second-order valence-electron chi connectivity index (χ2n) is 15.9. The van der Waals surface area contributed by atoms with Gasteiger partial charge in [0.15, 0.2) is 11.5 Å². The van der Waals surface area contributed by atoms with Crippen LogP contribution in [0.25, 0.3) is 0 Å². The number of aromatic amines is 1. The molecule has 11 nitrogen and oxygen atoms in total. The van der Waals surface area contributed by atoms with E-state index in [9.17, 15) is 30.6 Å². The Labute approximate surface area is 319 Å². The summed E-state index contributed by atoms with van der Waals surface area (Å²) < 4.78 is 6.59. The van der Waals surface area contributed by atoms with Crippen molar-refractivity contribution < 1.29 is 35.4 Å². The Morgan fingerprint density at radius 3 is 2.56 bits per heavy atom. The lowest BCUT2D eigenvalue weighted by Crippen LogP contribution is -2.52. The number of H-pyrrole nitrogens is 1. The van der Waals surface area contributed by atoms with Crippen molar-refractivity contribution in [2.75, 3.05) is 13.1 Å². The highest BCUT2D eigenvalue weighted by atomic mass is 16.5. The SMILES string of the molecule is CCC1C#CC2C=CC(c3ccc(O)c(OC4C(O)C(O)CCC4C(Cc4ccc[nH]4)C4=CCNC(N)=C4)c3)CC(O)C2C(O)CCC(NCC(C)O)C1. The summed E-state index contributed by atoms with van der Waals surface area (Å²) in [5.74, 6) is 6.29. The van der Waals surface area contributed by atoms with Crippen LogP contribution in [0.1, 0.15) is 76.0 Å². The topological polar surface area (TPSA) is 196 Å². The molecule has 2 heterocycles. The molecule has 2 aromatic rings. The highest BCUT2D eigenvalue weighted by molar-refractivity contribution is 5.45. The number of aromatic hydroxyl groups is 1. The summed E-state index contributed by atoms with van der Waals surface area (Å²) in [4.78, 5) is 3.30. The summed E-state index contributed by atoms with van der Waals surface area (Å²) >= 11 is 0. The normalized spacial score (nSPS) is 34.1. The molecule has 0 radical (unpaired) electrons. The van der Waals surface area contributed by atoms with Gasteiger partial charge in [-0.1, -0.05) is 43.1 Å². The molecular formula is C43H60N4O7. The summed E-state index contributed by atoms with van der Waals surface area (Å²) in [6, 6.07) is 9.23. The van der Waals surface area contributed by atoms with Crippen molar-refractivity contribution in [2.45, 2.75) is 114 Å². The molecule has 4 aliphatic rings. The lowest BCUT2D eigenvalue weighted by molar-refractivity contribution is -0.108. The number of aliphatic hydroxyl groups is 5. The summed E-state index contributed by atoms with van der Waals surface area (Å²) in [5, 5.41) is 73.2. The first-order valence-corrected chi connectivity index (χ1v) is 19.9. The van der Waals surface area contributed by atoms with Crippen LogP contribution >= 0.6 is 0 Å². The molecule has 1 aliphatic heterocycles. The molecule has 294 valence electrons. The maximum Gasteiger partial charge on any atom is 0.161 e. The summed E-state index contributed by atoms with van der Waals surface area (Å²) in [5.41, 5.74) is 9.07. The van der Waals surface area contributed by atoms with E-state index in [1.807, 2.05) is 42.6 Å². The minimum absolute atomic E-state index is 0.0890. The van der Waals surface area contributed by atoms with Crippen molar-refractivity contribution in [3.8, 4) is 23.3 Å². The Kier molecular flexibility index (Phi) is 13.5. The Morgan fingerprint density at radius 1 is 1.00 bits per heavy atom. The van der Waals surface area contributed by atoms with Crippen LogP contribution in [0.4, 0.5) is 0 Å². The predicted molar refractivity (Wildman–Crippen MR) is 208 cm³/mol. The molecule has 6 rings (SSSR count). The first kappa shape index (κ1) is 39.9. The molecule has 1 saturated carbocycles. The zero-order valence-electron chi connectivity index (χ0n) is 31.5. The molecule has 11 heteroatoms. The number of hydrogen-bond acceptors (Lipinski definition) is 10. The lowest BCUT2D eigenvalue weighted by atomic mass is 9.70. The van der Waals surface area contributed by atoms with Gasteiger partial charge in [-0.05, 0) is 106 Å². The number of benzene rings is 1. The quantitative estimate of drug-likeness (QED) is 0.120. The number of aromatic nitrogens is 1. The van der Waals surface area contributed by atoms with Gasteiger partial charge in [0.1, 0.15) is 12.2 Å². The van der Waals surface area contributed by atoms with Crippen molar-refractivity contribution in [1.82, 2.24) is 15.6 Å². The van der Waals surface area contributed by atoms with E-state index >= 15 is 0 Å². The van der Waals surface area contributed by atoms with Crippen LogP contribution in [0, 0.1) is 41.4 Å². The van der Waals surface area contributed by atoms with Crippen molar-refractivity contribution >= 4 is 0 Å². The standard InChI is InChI=1S/C43H60N4O7/c1-3-26-6-7-27-8-9-28(20-38(52)41(27)36(50)14-11-32(19-26)47-24-25(2)48)29-10-13-35(49)39(21-29)54-43-33(12-15-37(51)42(43)53)34(23-31-5-4-17-45-31)30-16-18-46-40(44)22-30/h4-5,8-10,13,16-17,21-22,25-28,32-34,36-38,41-43,45-53H,3,11-12,14-15,18-20,23-24,44H2,1-2H3. The van der Waals surface area contributed by atoms with Gasteiger partial charge in [0.05, 0.1) is 30.2 Å². The van der Waals surface area contributed by atoms with Crippen LogP contribution in [0.15, 0.2) is 72.2 Å². The molecule has 13 atom stereocenters. The van der Waals surface area contributed by atoms with Gasteiger partial charge in [0.25, 0.3) is 0 Å². The molecule has 1 aromatic carbocycles. The summed E-state index contributed by atoms with van der Waals surface area (Å²) in [6.07, 6.45) is 9.73. The Hall–Kier alpha value is -3.76. The molecule has 54 heavy (non-hydrogen) atoms. The monoisotopic (exact) mass is 744 g/mol. The molecule has 11 N–H and O–H groups in total. The van der Waals surface area contributed by atoms with Crippen molar-refractivity contribution in [2.24, 2.45) is 35.3 Å². The molecule has 0 bridgehead atoms. The molecule has 0 amide bonds. The third-order valence-electron chi connectivity index (χ3n) is 12.0. The van der Waals surface area contributed by atoms with E-state index in [0.717, 1.165) is 29.7 Å². The number of phenolic OH excluding ortho intramolecular Hbond substituents is 1. The first-order chi connectivity index (χ1) is 26.0. The van der Waals surface area contributed by atoms with E-state index in [1.165, 1.54) is 0 Å². The lowest BCUT2D eigenvalue weighted by Gasteiger charge is -2.42. The van der Waals surface area contributed by atoms with Crippen LogP contribution in [-0.4, -0.2) is 91.4 Å². The van der Waals surface area contributed by atoms with Gasteiger partial charge in [-0.25, -0.2) is 0 Å². The number of ether oxygens (including phenoxy) is 1. The van der Waals surface area contributed by atoms with E-state index < -0.39 is 42.5 Å². The molecule has 1 fully saturated rings. The smallest absolute Gasteiger partial charge is 0.161 e. The number of aliphatic hydroxyl groups excluding tert-OH is 5. The van der Waals surface area contributed by atoms with Crippen LogP contribution < -0.4 is 21.1 Å². The fraction of sp³-hybridized carbons (Fsp3) is 0.581. The van der Waals surface area contributed by atoms with Gasteiger partial charge in [-0.2, -0.15) is 0 Å². The van der Waals surface area contributed by atoms with Gasteiger partial charge >= 0.3 is 0 Å². The van der Waals surface area contributed by atoms with Gasteiger partial charge in [0.2, 0.25) is 0 Å². The number of hydrogen-bond donors (Lipinski definition) is 10. The number of dihydropyridines is 1. The average molecular weight is 745 g/mol. The maximum atomic E-state index is 11.7. The van der Waals surface area contributed by atoms with E-state index in [4.69, 9.17) is 10.5 Å². The number of nitrogens with two attached hydrogens (primary N) is 1. The number of allylic oxidation sites excluding steroid dienone is 4. The third kappa shape index (κ3) is 9.72. The highest BCUT2D eigenvalue weighted by Crippen LogP contribution is 2.43. The molecule has 13 unspecified atom stereocenters. The Balaban J connectivity index is 1.26. The van der Waals surface area contributed by atoms with E-state index in [0.29, 0.717) is 57.4 Å². The number of rotatable bonds is 11. The maximum absolute atomic E-state index is 11.7. The molecular weight excluding hydrogens is 684 g/mol. The fourth-order valence-corrected chi connectivity index (χ4v) is 8.94. The van der Waals surface area contributed by atoms with E-state index in [-0.39, 0.29) is 47.1 Å². The van der Waals surface area contributed by atoms with Gasteiger partial charge in [0, 0.05) is 60.6 Å². The fourth-order valence-electron chi connectivity index (χ4n) is 8.94. The van der Waals surface area contributed by atoms with E-state index in [2.05, 4.69) is 40.5 Å². The second-order valence-corrected chi connectivity index (χ2v) is 15.9. The van der Waals surface area contributed by atoms with E-state index in [1.54, 1.807) is 19.1 Å². The van der Waals surface area contributed by atoms with Crippen LogP contribution in [0.2, 0.25) is 0 Å². The van der Waals surface area contributed by atoms with Crippen molar-refractivity contribution in [3.63, 3.8) is 0 Å². The molecule has 0 spiro atoms. The van der Waals surface area contributed by atoms with Crippen LogP contribution in [0.5, 0.6) is 11.5 Å². The van der Waals surface area contributed by atoms with Crippen LogP contribution in [0.3, 0.4) is 0 Å². The predicted octanol–water partition coefficient (Wildman–Crippen LogP) is 3.34. The number of phenols is 1. The number of fused-ring (bicyclic) bond motifs is 1. The second kappa shape index (κ2) is 18.2. The summed E-state index contributed by atoms with van der Waals surface area (Å²) in [7, 11) is 0. The molecule has 0 saturated heterocycles. The van der Waals surface area contributed by atoms with Crippen molar-refractivity contribution in [3.05, 3.63) is 83.5 Å². The minimum atomic E-state index is -1.20. The van der Waals surface area contributed by atoms with Crippen molar-refractivity contribution in [1.29, 1.82) is 0 Å². The number of nitrogens with one attached hydrogen (secondary N) is 3. The largest absolute Gasteiger partial charge is 0.504 e. The van der Waals surface area contributed by atoms with Gasteiger partial charge in [-0.15, -0.1) is 0 Å². The molecule has 3 aliphatic carbocycles. The van der Waals surface area contributed by atoms with Gasteiger partial charge < -0.3 is 56.7 Å². The zero-order valence-corrected chi connectivity index (χ0v) is 31.5. The highest BCUT2D eigenvalue weighted by Gasteiger charge is 2.44. The zero-order chi connectivity index (χ0) is 38.4. The first-order valence-electron chi connectivity index (χ1n) is 19.9.